The molecule has 0 aliphatic carbocycles. The summed E-state index contributed by atoms with van der Waals surface area (Å²) in [5.41, 5.74) is 3.21. The largest absolute Gasteiger partial charge is 0.489 e. The molecule has 8 heteroatoms. The molecule has 1 amide bonds. The molecule has 0 radical (unpaired) electrons. The molecule has 0 fully saturated rings. The SMILES string of the molecule is Cc1cc(NC(=O)c2cccc(COc3ccc(Br)cc3)c2)nn1Cc1ccc(Cl)cc1Cl. The van der Waals surface area contributed by atoms with E-state index in [2.05, 4.69) is 26.3 Å². The minimum Gasteiger partial charge on any atom is -0.489 e. The molecule has 33 heavy (non-hydrogen) atoms. The number of halogens is 3. The zero-order chi connectivity index (χ0) is 23.4. The lowest BCUT2D eigenvalue weighted by atomic mass is 10.1. The second kappa shape index (κ2) is 10.4. The number of anilines is 1. The summed E-state index contributed by atoms with van der Waals surface area (Å²) < 4.78 is 8.58. The maximum atomic E-state index is 12.8. The number of nitrogens with zero attached hydrogens (tertiary/aromatic N) is 2. The number of nitrogens with one attached hydrogen (secondary N) is 1. The number of aromatic nitrogens is 2. The second-order valence-electron chi connectivity index (χ2n) is 7.46. The van der Waals surface area contributed by atoms with Gasteiger partial charge < -0.3 is 10.1 Å². The predicted octanol–water partition coefficient (Wildman–Crippen LogP) is 7.14. The molecular weight excluding hydrogens is 525 g/mol. The maximum Gasteiger partial charge on any atom is 0.256 e. The van der Waals surface area contributed by atoms with Crippen LogP contribution in [-0.2, 0) is 13.2 Å². The number of hydrogen-bond donors (Lipinski definition) is 1. The molecule has 0 aliphatic heterocycles. The van der Waals surface area contributed by atoms with Crippen LogP contribution in [0.3, 0.4) is 0 Å². The van der Waals surface area contributed by atoms with Gasteiger partial charge in [-0.15, -0.1) is 0 Å². The molecule has 5 nitrogen and oxygen atoms in total. The molecule has 1 N–H and O–H groups in total. The predicted molar refractivity (Wildman–Crippen MR) is 135 cm³/mol. The quantitative estimate of drug-likeness (QED) is 0.269. The van der Waals surface area contributed by atoms with E-state index in [1.54, 1.807) is 22.9 Å². The number of carbonyl (C=O) groups is 1. The first-order chi connectivity index (χ1) is 15.9. The van der Waals surface area contributed by atoms with Gasteiger partial charge in [0.15, 0.2) is 5.82 Å². The standard InChI is InChI=1S/C25H20BrCl2N3O2/c1-16-11-24(30-31(16)14-19-5-8-21(27)13-23(19)28)29-25(32)18-4-2-3-17(12-18)15-33-22-9-6-20(26)7-10-22/h2-13H,14-15H2,1H3,(H,29,30,32). The fourth-order valence-corrected chi connectivity index (χ4v) is 3.96. The molecule has 168 valence electrons. The number of rotatable bonds is 7. The van der Waals surface area contributed by atoms with Crippen molar-refractivity contribution in [3.05, 3.63) is 110 Å². The van der Waals surface area contributed by atoms with Crippen molar-refractivity contribution in [1.29, 1.82) is 0 Å². The lowest BCUT2D eigenvalue weighted by molar-refractivity contribution is 0.102. The fourth-order valence-electron chi connectivity index (χ4n) is 3.23. The van der Waals surface area contributed by atoms with Crippen molar-refractivity contribution in [1.82, 2.24) is 9.78 Å². The van der Waals surface area contributed by atoms with Crippen LogP contribution in [0.2, 0.25) is 10.0 Å². The van der Waals surface area contributed by atoms with Gasteiger partial charge in [-0.05, 0) is 66.6 Å². The lowest BCUT2D eigenvalue weighted by Gasteiger charge is -2.08. The average Bonchev–Trinajstić information content (AvgIpc) is 3.14. The second-order valence-corrected chi connectivity index (χ2v) is 9.22. The van der Waals surface area contributed by atoms with Crippen LogP contribution in [0.5, 0.6) is 5.75 Å². The summed E-state index contributed by atoms with van der Waals surface area (Å²) in [5, 5.41) is 8.53. The highest BCUT2D eigenvalue weighted by Gasteiger charge is 2.12. The highest BCUT2D eigenvalue weighted by molar-refractivity contribution is 9.10. The van der Waals surface area contributed by atoms with Gasteiger partial charge in [-0.2, -0.15) is 5.10 Å². The molecular formula is C25H20BrCl2N3O2. The number of hydrogen-bond acceptors (Lipinski definition) is 3. The molecule has 0 atom stereocenters. The number of aryl methyl sites for hydroxylation is 1. The van der Waals surface area contributed by atoms with Gasteiger partial charge in [0.1, 0.15) is 12.4 Å². The maximum absolute atomic E-state index is 12.8. The molecule has 4 aromatic rings. The highest BCUT2D eigenvalue weighted by atomic mass is 79.9. The Morgan fingerprint density at radius 1 is 1.06 bits per heavy atom. The van der Waals surface area contributed by atoms with Crippen molar-refractivity contribution in [3.63, 3.8) is 0 Å². The van der Waals surface area contributed by atoms with Crippen LogP contribution in [0.1, 0.15) is 27.2 Å². The first-order valence-corrected chi connectivity index (χ1v) is 11.7. The van der Waals surface area contributed by atoms with E-state index < -0.39 is 0 Å². The van der Waals surface area contributed by atoms with E-state index in [4.69, 9.17) is 27.9 Å². The summed E-state index contributed by atoms with van der Waals surface area (Å²) in [6.07, 6.45) is 0. The number of ether oxygens (including phenoxy) is 1. The minimum atomic E-state index is -0.241. The van der Waals surface area contributed by atoms with E-state index in [0.29, 0.717) is 34.6 Å². The van der Waals surface area contributed by atoms with Gasteiger partial charge >= 0.3 is 0 Å². The first-order valence-electron chi connectivity index (χ1n) is 10.1. The van der Waals surface area contributed by atoms with Crippen LogP contribution < -0.4 is 10.1 Å². The van der Waals surface area contributed by atoms with Crippen LogP contribution in [0, 0.1) is 6.92 Å². The van der Waals surface area contributed by atoms with Gasteiger partial charge in [0.05, 0.1) is 6.54 Å². The van der Waals surface area contributed by atoms with Crippen molar-refractivity contribution in [2.45, 2.75) is 20.1 Å². The summed E-state index contributed by atoms with van der Waals surface area (Å²) in [7, 11) is 0. The number of benzene rings is 3. The van der Waals surface area contributed by atoms with Gasteiger partial charge in [-0.25, -0.2) is 0 Å². The molecule has 0 aliphatic rings. The minimum absolute atomic E-state index is 0.241. The van der Waals surface area contributed by atoms with Crippen LogP contribution in [0.25, 0.3) is 0 Å². The van der Waals surface area contributed by atoms with E-state index >= 15 is 0 Å². The Labute approximate surface area is 210 Å². The van der Waals surface area contributed by atoms with E-state index in [9.17, 15) is 4.79 Å². The normalized spacial score (nSPS) is 10.8. The summed E-state index contributed by atoms with van der Waals surface area (Å²) in [5.74, 6) is 0.989. The smallest absolute Gasteiger partial charge is 0.256 e. The van der Waals surface area contributed by atoms with Crippen LogP contribution in [0.4, 0.5) is 5.82 Å². The van der Waals surface area contributed by atoms with E-state index in [-0.39, 0.29) is 5.91 Å². The molecule has 4 rings (SSSR count). The van der Waals surface area contributed by atoms with Crippen molar-refractivity contribution in [3.8, 4) is 5.75 Å². The zero-order valence-electron chi connectivity index (χ0n) is 17.7. The van der Waals surface area contributed by atoms with Crippen molar-refractivity contribution >= 4 is 50.9 Å². The molecule has 0 bridgehead atoms. The third-order valence-electron chi connectivity index (χ3n) is 4.97. The van der Waals surface area contributed by atoms with Crippen LogP contribution in [0.15, 0.2) is 77.3 Å². The summed E-state index contributed by atoms with van der Waals surface area (Å²) in [6, 6.07) is 22.1. The molecule has 0 saturated heterocycles. The summed E-state index contributed by atoms with van der Waals surface area (Å²) >= 11 is 15.7. The van der Waals surface area contributed by atoms with E-state index in [1.165, 1.54) is 0 Å². The van der Waals surface area contributed by atoms with Crippen molar-refractivity contribution in [2.75, 3.05) is 5.32 Å². The van der Waals surface area contributed by atoms with Gasteiger partial charge in [0.2, 0.25) is 0 Å². The summed E-state index contributed by atoms with van der Waals surface area (Å²) in [4.78, 5) is 12.8. The van der Waals surface area contributed by atoms with E-state index in [1.807, 2.05) is 61.5 Å². The van der Waals surface area contributed by atoms with Gasteiger partial charge in [0, 0.05) is 31.8 Å². The molecule has 0 spiro atoms. The fraction of sp³-hybridized carbons (Fsp3) is 0.120. The Bertz CT molecular complexity index is 1290. The van der Waals surface area contributed by atoms with Gasteiger partial charge in [-0.1, -0.05) is 57.3 Å². The third kappa shape index (κ3) is 6.16. The first kappa shape index (κ1) is 23.4. The molecule has 3 aromatic carbocycles. The molecule has 0 saturated carbocycles. The van der Waals surface area contributed by atoms with Gasteiger partial charge in [0.25, 0.3) is 5.91 Å². The number of carbonyl (C=O) groups excluding carboxylic acids is 1. The highest BCUT2D eigenvalue weighted by Crippen LogP contribution is 2.23. The zero-order valence-corrected chi connectivity index (χ0v) is 20.8. The Morgan fingerprint density at radius 3 is 2.61 bits per heavy atom. The monoisotopic (exact) mass is 543 g/mol. The number of amides is 1. The third-order valence-corrected chi connectivity index (χ3v) is 6.08. The average molecular weight is 545 g/mol. The van der Waals surface area contributed by atoms with Crippen LogP contribution >= 0.6 is 39.1 Å². The topological polar surface area (TPSA) is 56.1 Å². The van der Waals surface area contributed by atoms with E-state index in [0.717, 1.165) is 27.0 Å². The Kier molecular flexibility index (Phi) is 7.38. The molecule has 0 unspecified atom stereocenters. The lowest BCUT2D eigenvalue weighted by Crippen LogP contribution is -2.13. The molecule has 1 heterocycles. The van der Waals surface area contributed by atoms with Crippen molar-refractivity contribution < 1.29 is 9.53 Å². The van der Waals surface area contributed by atoms with Gasteiger partial charge in [-0.3, -0.25) is 9.48 Å². The Morgan fingerprint density at radius 2 is 1.85 bits per heavy atom. The van der Waals surface area contributed by atoms with Crippen LogP contribution in [-0.4, -0.2) is 15.7 Å². The van der Waals surface area contributed by atoms with Crippen molar-refractivity contribution in [2.24, 2.45) is 0 Å². The Balaban J connectivity index is 1.41. The Hall–Kier alpha value is -2.80. The summed E-state index contributed by atoms with van der Waals surface area (Å²) in [6.45, 7) is 2.76. The molecule has 1 aromatic heterocycles.